The predicted molar refractivity (Wildman–Crippen MR) is 104 cm³/mol. The average Bonchev–Trinajstić information content (AvgIpc) is 2.59. The third kappa shape index (κ3) is 5.29. The van der Waals surface area contributed by atoms with Crippen LogP contribution in [0.3, 0.4) is 0 Å². The number of carbonyl (C=O) groups excluding carboxylic acids is 1. The monoisotopic (exact) mass is 423 g/mol. The lowest BCUT2D eigenvalue weighted by Crippen LogP contribution is -2.30. The molecule has 4 nitrogen and oxygen atoms in total. The van der Waals surface area contributed by atoms with Crippen LogP contribution in [0.1, 0.15) is 30.6 Å². The highest BCUT2D eigenvalue weighted by Crippen LogP contribution is 2.36. The van der Waals surface area contributed by atoms with E-state index in [2.05, 4.69) is 21.2 Å². The van der Waals surface area contributed by atoms with Crippen LogP contribution in [0.2, 0.25) is 0 Å². The molecule has 2 rings (SSSR count). The van der Waals surface area contributed by atoms with E-state index >= 15 is 0 Å². The first-order valence-corrected chi connectivity index (χ1v) is 9.24. The van der Waals surface area contributed by atoms with Crippen LogP contribution >= 0.6 is 15.9 Å². The smallest absolute Gasteiger partial charge is 0.252 e. The Morgan fingerprint density at radius 3 is 2.58 bits per heavy atom. The molecular weight excluding hydrogens is 401 g/mol. The summed E-state index contributed by atoms with van der Waals surface area (Å²) in [4.78, 5) is 12.4. The molecule has 0 saturated heterocycles. The summed E-state index contributed by atoms with van der Waals surface area (Å²) in [6.45, 7) is 4.75. The molecule has 26 heavy (non-hydrogen) atoms. The molecule has 0 aliphatic rings. The van der Waals surface area contributed by atoms with Gasteiger partial charge < -0.3 is 14.8 Å². The van der Waals surface area contributed by atoms with E-state index in [9.17, 15) is 9.18 Å². The van der Waals surface area contributed by atoms with E-state index in [1.54, 1.807) is 37.4 Å². The summed E-state index contributed by atoms with van der Waals surface area (Å²) in [7, 11) is 1.62. The maximum absolute atomic E-state index is 14.3. The maximum Gasteiger partial charge on any atom is 0.252 e. The van der Waals surface area contributed by atoms with Crippen molar-refractivity contribution in [2.45, 2.75) is 26.3 Å². The Balaban J connectivity index is 2.44. The first-order chi connectivity index (χ1) is 12.4. The normalized spacial score (nSPS) is 10.8. The number of halogens is 2. The van der Waals surface area contributed by atoms with Crippen LogP contribution < -0.4 is 10.1 Å². The Morgan fingerprint density at radius 2 is 1.92 bits per heavy atom. The molecule has 0 radical (unpaired) electrons. The summed E-state index contributed by atoms with van der Waals surface area (Å²) in [5, 5.41) is 2.86. The van der Waals surface area contributed by atoms with Gasteiger partial charge in [-0.1, -0.05) is 18.2 Å². The Kier molecular flexibility index (Phi) is 7.60. The van der Waals surface area contributed by atoms with Crippen molar-refractivity contribution in [3.63, 3.8) is 0 Å². The molecule has 0 bridgehead atoms. The Morgan fingerprint density at radius 1 is 1.19 bits per heavy atom. The van der Waals surface area contributed by atoms with Crippen molar-refractivity contribution in [1.82, 2.24) is 5.32 Å². The fraction of sp³-hybridized carbons (Fsp3) is 0.350. The molecule has 1 N–H and O–H groups in total. The molecule has 140 valence electrons. The second-order valence-electron chi connectivity index (χ2n) is 6.13. The molecule has 0 heterocycles. The Hall–Kier alpha value is -1.92. The lowest BCUT2D eigenvalue weighted by Gasteiger charge is -2.16. The molecule has 2 aromatic carbocycles. The highest BCUT2D eigenvalue weighted by Gasteiger charge is 2.18. The van der Waals surface area contributed by atoms with Gasteiger partial charge in [-0.25, -0.2) is 4.39 Å². The number of carbonyl (C=O) groups is 1. The first kappa shape index (κ1) is 20.4. The van der Waals surface area contributed by atoms with Gasteiger partial charge in [0.15, 0.2) is 0 Å². The predicted octanol–water partition coefficient (Wildman–Crippen LogP) is 4.81. The van der Waals surface area contributed by atoms with E-state index in [0.29, 0.717) is 46.5 Å². The summed E-state index contributed by atoms with van der Waals surface area (Å²) in [6, 6.07) is 9.87. The minimum absolute atomic E-state index is 0.00622. The van der Waals surface area contributed by atoms with Gasteiger partial charge in [0.1, 0.15) is 11.6 Å². The van der Waals surface area contributed by atoms with Gasteiger partial charge in [0.05, 0.1) is 12.2 Å². The van der Waals surface area contributed by atoms with Crippen molar-refractivity contribution in [3.05, 3.63) is 52.3 Å². The SMILES string of the molecule is COCCCOc1cc(C(=O)NC(C)C)c(Br)cc1-c1ccccc1F. The number of rotatable bonds is 8. The standard InChI is InChI=1S/C20H23BrFNO3/c1-13(2)23-20(24)16-12-19(26-10-6-9-25-3)15(11-17(16)21)14-7-4-5-8-18(14)22/h4-5,7-8,11-13H,6,9-10H2,1-3H3,(H,23,24). The van der Waals surface area contributed by atoms with E-state index < -0.39 is 0 Å². The number of nitrogens with one attached hydrogen (secondary N) is 1. The molecule has 1 amide bonds. The highest BCUT2D eigenvalue weighted by molar-refractivity contribution is 9.10. The van der Waals surface area contributed by atoms with Gasteiger partial charge >= 0.3 is 0 Å². The van der Waals surface area contributed by atoms with E-state index in [-0.39, 0.29) is 17.8 Å². The molecule has 2 aromatic rings. The molecule has 0 saturated carbocycles. The zero-order chi connectivity index (χ0) is 19.1. The second kappa shape index (κ2) is 9.69. The van der Waals surface area contributed by atoms with Gasteiger partial charge in [-0.2, -0.15) is 0 Å². The van der Waals surface area contributed by atoms with E-state index in [4.69, 9.17) is 9.47 Å². The lowest BCUT2D eigenvalue weighted by atomic mass is 10.0. The van der Waals surface area contributed by atoms with Gasteiger partial charge in [0.25, 0.3) is 5.91 Å². The molecule has 0 unspecified atom stereocenters. The number of methoxy groups -OCH3 is 1. The van der Waals surface area contributed by atoms with Gasteiger partial charge in [-0.05, 0) is 48.0 Å². The van der Waals surface area contributed by atoms with Crippen molar-refractivity contribution in [2.75, 3.05) is 20.3 Å². The van der Waals surface area contributed by atoms with E-state index in [0.717, 1.165) is 0 Å². The molecule has 0 aromatic heterocycles. The molecule has 6 heteroatoms. The fourth-order valence-electron chi connectivity index (χ4n) is 2.46. The number of hydrogen-bond donors (Lipinski definition) is 1. The maximum atomic E-state index is 14.3. The van der Waals surface area contributed by atoms with Crippen molar-refractivity contribution in [1.29, 1.82) is 0 Å². The minimum atomic E-state index is -0.347. The molecule has 0 fully saturated rings. The Bertz CT molecular complexity index is 765. The van der Waals surface area contributed by atoms with Crippen molar-refractivity contribution >= 4 is 21.8 Å². The zero-order valence-electron chi connectivity index (χ0n) is 15.1. The third-order valence-electron chi connectivity index (χ3n) is 3.65. The van der Waals surface area contributed by atoms with Gasteiger partial charge in [0, 0.05) is 41.8 Å². The van der Waals surface area contributed by atoms with E-state index in [1.165, 1.54) is 6.07 Å². The van der Waals surface area contributed by atoms with Gasteiger partial charge in [-0.3, -0.25) is 4.79 Å². The molecular formula is C20H23BrFNO3. The molecule has 0 spiro atoms. The fourth-order valence-corrected chi connectivity index (χ4v) is 2.99. The number of ether oxygens (including phenoxy) is 2. The quantitative estimate of drug-likeness (QED) is 0.619. The Labute approximate surface area is 161 Å². The number of benzene rings is 2. The highest BCUT2D eigenvalue weighted by atomic mass is 79.9. The average molecular weight is 424 g/mol. The summed E-state index contributed by atoms with van der Waals surface area (Å²) in [5.74, 6) is -0.0995. The first-order valence-electron chi connectivity index (χ1n) is 8.45. The summed E-state index contributed by atoms with van der Waals surface area (Å²) >= 11 is 3.43. The van der Waals surface area contributed by atoms with Gasteiger partial charge in [0.2, 0.25) is 0 Å². The minimum Gasteiger partial charge on any atom is -0.493 e. The third-order valence-corrected chi connectivity index (χ3v) is 4.30. The van der Waals surface area contributed by atoms with Crippen LogP contribution in [0.15, 0.2) is 40.9 Å². The number of amides is 1. The van der Waals surface area contributed by atoms with Crippen LogP contribution in [0.25, 0.3) is 11.1 Å². The van der Waals surface area contributed by atoms with Crippen molar-refractivity contribution in [2.24, 2.45) is 0 Å². The summed E-state index contributed by atoms with van der Waals surface area (Å²) < 4.78 is 25.8. The lowest BCUT2D eigenvalue weighted by molar-refractivity contribution is 0.0941. The van der Waals surface area contributed by atoms with Crippen LogP contribution in [-0.2, 0) is 4.74 Å². The van der Waals surface area contributed by atoms with Crippen molar-refractivity contribution in [3.8, 4) is 16.9 Å². The zero-order valence-corrected chi connectivity index (χ0v) is 16.7. The van der Waals surface area contributed by atoms with Crippen LogP contribution in [0.5, 0.6) is 5.75 Å². The van der Waals surface area contributed by atoms with Crippen LogP contribution in [0, 0.1) is 5.82 Å². The largest absolute Gasteiger partial charge is 0.493 e. The molecule has 0 aliphatic carbocycles. The van der Waals surface area contributed by atoms with Crippen molar-refractivity contribution < 1.29 is 18.7 Å². The molecule has 0 aliphatic heterocycles. The topological polar surface area (TPSA) is 47.6 Å². The van der Waals surface area contributed by atoms with Crippen LogP contribution in [0.4, 0.5) is 4.39 Å². The summed E-state index contributed by atoms with van der Waals surface area (Å²) in [6.07, 6.45) is 0.691. The summed E-state index contributed by atoms with van der Waals surface area (Å²) in [5.41, 5.74) is 1.46. The number of hydrogen-bond acceptors (Lipinski definition) is 3. The second-order valence-corrected chi connectivity index (χ2v) is 6.99. The van der Waals surface area contributed by atoms with E-state index in [1.807, 2.05) is 13.8 Å². The van der Waals surface area contributed by atoms with Gasteiger partial charge in [-0.15, -0.1) is 0 Å². The van der Waals surface area contributed by atoms with Crippen LogP contribution in [-0.4, -0.2) is 32.3 Å². The molecule has 0 atom stereocenters.